The zero-order valence-electron chi connectivity index (χ0n) is 19.3. The van der Waals surface area contributed by atoms with Crippen molar-refractivity contribution in [3.05, 3.63) is 90.0 Å². The molecule has 8 heteroatoms. The molecule has 6 nitrogen and oxygen atoms in total. The monoisotopic (exact) mass is 493 g/mol. The average Bonchev–Trinajstić information content (AvgIpc) is 3.08. The van der Waals surface area contributed by atoms with Crippen molar-refractivity contribution in [3.8, 4) is 0 Å². The quantitative estimate of drug-likeness (QED) is 0.541. The summed E-state index contributed by atoms with van der Waals surface area (Å²) in [4.78, 5) is 19.8. The van der Waals surface area contributed by atoms with E-state index < -0.39 is 10.0 Å². The molecule has 3 aromatic carbocycles. The van der Waals surface area contributed by atoms with Gasteiger partial charge in [0.15, 0.2) is 5.17 Å². The van der Waals surface area contributed by atoms with Gasteiger partial charge in [-0.05, 0) is 59.4 Å². The highest BCUT2D eigenvalue weighted by molar-refractivity contribution is 8.16. The minimum absolute atomic E-state index is 0.0168. The molecule has 1 fully saturated rings. The van der Waals surface area contributed by atoms with Gasteiger partial charge in [-0.3, -0.25) is 9.69 Å². The second-order valence-corrected chi connectivity index (χ2v) is 11.9. The smallest absolute Gasteiger partial charge is 0.247 e. The van der Waals surface area contributed by atoms with Crippen LogP contribution >= 0.6 is 11.8 Å². The molecule has 1 heterocycles. The van der Waals surface area contributed by atoms with E-state index in [0.29, 0.717) is 17.3 Å². The Kier molecular flexibility index (Phi) is 6.66. The van der Waals surface area contributed by atoms with Crippen LogP contribution in [-0.4, -0.2) is 24.7 Å². The number of benzene rings is 3. The van der Waals surface area contributed by atoms with Crippen molar-refractivity contribution in [2.75, 3.05) is 4.90 Å². The third-order valence-corrected chi connectivity index (χ3v) is 7.65. The summed E-state index contributed by atoms with van der Waals surface area (Å²) in [7, 11) is -3.78. The van der Waals surface area contributed by atoms with E-state index in [1.807, 2.05) is 30.3 Å². The van der Waals surface area contributed by atoms with Crippen molar-refractivity contribution < 1.29 is 13.2 Å². The van der Waals surface area contributed by atoms with Crippen molar-refractivity contribution in [2.24, 2.45) is 10.1 Å². The van der Waals surface area contributed by atoms with Crippen LogP contribution in [0.25, 0.3) is 0 Å². The molecule has 34 heavy (non-hydrogen) atoms. The second-order valence-electron chi connectivity index (χ2n) is 9.20. The Morgan fingerprint density at radius 2 is 1.56 bits per heavy atom. The van der Waals surface area contributed by atoms with Gasteiger partial charge in [-0.1, -0.05) is 75.0 Å². The Hall–Kier alpha value is -2.94. The van der Waals surface area contributed by atoms with Gasteiger partial charge in [0, 0.05) is 0 Å². The van der Waals surface area contributed by atoms with E-state index in [9.17, 15) is 13.2 Å². The Labute approximate surface area is 204 Å². The second kappa shape index (κ2) is 9.37. The molecule has 1 amide bonds. The van der Waals surface area contributed by atoms with Crippen molar-refractivity contribution in [1.82, 2.24) is 0 Å². The number of hydrogen-bond donors (Lipinski definition) is 1. The zero-order valence-corrected chi connectivity index (χ0v) is 20.9. The Morgan fingerprint density at radius 3 is 2.12 bits per heavy atom. The first kappa shape index (κ1) is 24.2. The molecule has 1 aliphatic rings. The molecule has 0 saturated carbocycles. The van der Waals surface area contributed by atoms with Crippen LogP contribution in [0, 0.1) is 0 Å². The normalized spacial score (nSPS) is 18.0. The summed E-state index contributed by atoms with van der Waals surface area (Å²) < 4.78 is 23.1. The van der Waals surface area contributed by atoms with Crippen LogP contribution in [-0.2, 0) is 26.7 Å². The molecular weight excluding hydrogens is 466 g/mol. The molecule has 0 aromatic heterocycles. The van der Waals surface area contributed by atoms with Crippen LogP contribution in [0.5, 0.6) is 0 Å². The Morgan fingerprint density at radius 1 is 0.941 bits per heavy atom. The van der Waals surface area contributed by atoms with Crippen LogP contribution in [0.3, 0.4) is 0 Å². The van der Waals surface area contributed by atoms with E-state index in [0.717, 1.165) is 11.3 Å². The molecule has 1 saturated heterocycles. The van der Waals surface area contributed by atoms with Gasteiger partial charge in [-0.15, -0.1) is 0 Å². The third-order valence-electron chi connectivity index (χ3n) is 5.58. The molecule has 0 radical (unpaired) electrons. The summed E-state index contributed by atoms with van der Waals surface area (Å²) in [6.07, 6.45) is 0.584. The molecule has 4 rings (SSSR count). The Balaban J connectivity index is 1.64. The lowest BCUT2D eigenvalue weighted by Gasteiger charge is -2.19. The van der Waals surface area contributed by atoms with Gasteiger partial charge in [0.1, 0.15) is 0 Å². The largest absolute Gasteiger partial charge is 0.273 e. The Bertz CT molecular complexity index is 1310. The number of carbonyl (C=O) groups excluding carboxylic acids is 1. The summed E-state index contributed by atoms with van der Waals surface area (Å²) in [6.45, 7) is 6.52. The fourth-order valence-corrected chi connectivity index (χ4v) is 5.38. The molecule has 3 aromatic rings. The number of aliphatic imine (C=N–C) groups is 1. The molecule has 2 N–H and O–H groups in total. The average molecular weight is 494 g/mol. The summed E-state index contributed by atoms with van der Waals surface area (Å²) in [5.74, 6) is -0.0315. The van der Waals surface area contributed by atoms with Gasteiger partial charge >= 0.3 is 0 Å². The summed E-state index contributed by atoms with van der Waals surface area (Å²) in [5, 5.41) is 5.43. The fourth-order valence-electron chi connectivity index (χ4n) is 3.66. The van der Waals surface area contributed by atoms with E-state index in [2.05, 4.69) is 50.0 Å². The molecule has 1 atom stereocenters. The zero-order chi connectivity index (χ0) is 24.5. The number of rotatable bonds is 5. The number of para-hydroxylation sites is 1. The summed E-state index contributed by atoms with van der Waals surface area (Å²) >= 11 is 1.41. The number of nitrogens with two attached hydrogens (primary N) is 1. The highest BCUT2D eigenvalue weighted by atomic mass is 32.2. The van der Waals surface area contributed by atoms with Gasteiger partial charge in [0.2, 0.25) is 15.9 Å². The number of carbonyl (C=O) groups is 1. The number of amides is 1. The van der Waals surface area contributed by atoms with Gasteiger partial charge < -0.3 is 0 Å². The third kappa shape index (κ3) is 5.41. The van der Waals surface area contributed by atoms with Crippen molar-refractivity contribution in [2.45, 2.75) is 42.8 Å². The predicted molar refractivity (Wildman–Crippen MR) is 139 cm³/mol. The van der Waals surface area contributed by atoms with E-state index in [4.69, 9.17) is 5.14 Å². The van der Waals surface area contributed by atoms with Crippen LogP contribution in [0.1, 0.15) is 31.9 Å². The number of hydrogen-bond acceptors (Lipinski definition) is 5. The standard InChI is InChI=1S/C26H27N3O3S2/c1-26(2,3)19-11-9-18(10-12-19)17-23-24(30)29(21-7-5-4-6-8-21)25(33-23)28-20-13-15-22(16-14-20)34(27,31)32/h4-16,23H,17H2,1-3H3,(H2,27,31,32). The first-order valence-electron chi connectivity index (χ1n) is 10.9. The maximum absolute atomic E-state index is 13.5. The minimum Gasteiger partial charge on any atom is -0.273 e. The number of primary sulfonamides is 1. The van der Waals surface area contributed by atoms with E-state index in [-0.39, 0.29) is 21.5 Å². The topological polar surface area (TPSA) is 92.8 Å². The number of nitrogens with zero attached hydrogens (tertiary/aromatic N) is 2. The van der Waals surface area contributed by atoms with Crippen LogP contribution in [0.4, 0.5) is 11.4 Å². The molecule has 0 aliphatic carbocycles. The first-order chi connectivity index (χ1) is 16.0. The van der Waals surface area contributed by atoms with Gasteiger partial charge in [0.05, 0.1) is 21.5 Å². The molecule has 1 unspecified atom stereocenters. The van der Waals surface area contributed by atoms with Gasteiger partial charge in [-0.2, -0.15) is 0 Å². The molecular formula is C26H27N3O3S2. The fraction of sp³-hybridized carbons (Fsp3) is 0.231. The molecule has 1 aliphatic heterocycles. The lowest BCUT2D eigenvalue weighted by molar-refractivity contribution is -0.116. The highest BCUT2D eigenvalue weighted by Crippen LogP contribution is 2.35. The highest BCUT2D eigenvalue weighted by Gasteiger charge is 2.39. The number of amidine groups is 1. The molecule has 0 spiro atoms. The van der Waals surface area contributed by atoms with Crippen LogP contribution in [0.15, 0.2) is 88.8 Å². The SMILES string of the molecule is CC(C)(C)c1ccc(CC2SC(=Nc3ccc(S(N)(=O)=O)cc3)N(c3ccccc3)C2=O)cc1. The number of thioether (sulfide) groups is 1. The van der Waals surface area contributed by atoms with Crippen molar-refractivity contribution in [1.29, 1.82) is 0 Å². The van der Waals surface area contributed by atoms with Gasteiger partial charge in [-0.25, -0.2) is 18.5 Å². The minimum atomic E-state index is -3.78. The maximum atomic E-state index is 13.5. The van der Waals surface area contributed by atoms with E-state index >= 15 is 0 Å². The lowest BCUT2D eigenvalue weighted by Crippen LogP contribution is -2.32. The van der Waals surface area contributed by atoms with Crippen LogP contribution in [0.2, 0.25) is 0 Å². The molecule has 0 bridgehead atoms. The van der Waals surface area contributed by atoms with E-state index in [1.165, 1.54) is 29.5 Å². The van der Waals surface area contributed by atoms with Crippen molar-refractivity contribution in [3.63, 3.8) is 0 Å². The number of sulfonamides is 1. The predicted octanol–water partition coefficient (Wildman–Crippen LogP) is 5.01. The first-order valence-corrected chi connectivity index (χ1v) is 13.3. The molecule has 176 valence electrons. The van der Waals surface area contributed by atoms with E-state index in [1.54, 1.807) is 17.0 Å². The summed E-state index contributed by atoms with van der Waals surface area (Å²) in [6, 6.07) is 23.8. The lowest BCUT2D eigenvalue weighted by atomic mass is 9.86. The van der Waals surface area contributed by atoms with Crippen molar-refractivity contribution >= 4 is 44.2 Å². The number of anilines is 1. The van der Waals surface area contributed by atoms with Crippen LogP contribution < -0.4 is 10.0 Å². The summed E-state index contributed by atoms with van der Waals surface area (Å²) in [5.41, 5.74) is 3.69. The maximum Gasteiger partial charge on any atom is 0.247 e. The van der Waals surface area contributed by atoms with Gasteiger partial charge in [0.25, 0.3) is 0 Å².